The minimum Gasteiger partial charge on any atom is -0.381 e. The standard InChI is InChI=1S/C32H41N11O3S/c1-21-28(33)32(20-46-21)5-10-41(11-6-32)26-18-37-30(29(34)38-26)47-23-3-8-36-25(16-23)42-14-12-40(13-15-42)19-22-2-7-35-17-24(22)43-9-4-27(44)39-31(43)45/h2-3,7-8,16-18,21,28H,4-6,9-15,19-20,33H2,1H3,(H2,34,38)(H,39,44,45)/t21-,28+/m0/s1. The number of hydrogen-bond acceptors (Lipinski definition) is 13. The van der Waals surface area contributed by atoms with Crippen LogP contribution in [0.5, 0.6) is 0 Å². The lowest BCUT2D eigenvalue weighted by molar-refractivity contribution is -0.120. The van der Waals surface area contributed by atoms with Crippen LogP contribution in [-0.2, 0) is 16.1 Å². The molecule has 47 heavy (non-hydrogen) atoms. The fourth-order valence-corrected chi connectivity index (χ4v) is 7.75. The van der Waals surface area contributed by atoms with Crippen LogP contribution in [0.2, 0.25) is 0 Å². The first-order valence-electron chi connectivity index (χ1n) is 16.2. The molecule has 7 rings (SSSR count). The number of nitrogen functional groups attached to an aromatic ring is 1. The molecule has 2 atom stereocenters. The van der Waals surface area contributed by atoms with Gasteiger partial charge in [-0.25, -0.2) is 19.7 Å². The molecule has 7 heterocycles. The number of piperidine rings is 1. The predicted molar refractivity (Wildman–Crippen MR) is 179 cm³/mol. The Labute approximate surface area is 278 Å². The van der Waals surface area contributed by atoms with Crippen molar-refractivity contribution in [1.82, 2.24) is 30.2 Å². The zero-order valence-electron chi connectivity index (χ0n) is 26.5. The van der Waals surface area contributed by atoms with Crippen LogP contribution in [0.4, 0.5) is 27.9 Å². The van der Waals surface area contributed by atoms with Gasteiger partial charge in [0.15, 0.2) is 5.82 Å². The Morgan fingerprint density at radius 2 is 1.79 bits per heavy atom. The maximum absolute atomic E-state index is 12.5. The first-order chi connectivity index (χ1) is 22.8. The molecule has 4 fully saturated rings. The Balaban J connectivity index is 0.942. The van der Waals surface area contributed by atoms with Gasteiger partial charge < -0.3 is 26.0 Å². The van der Waals surface area contributed by atoms with Gasteiger partial charge in [-0.05, 0) is 43.5 Å². The normalized spacial score (nSPS) is 23.4. The van der Waals surface area contributed by atoms with Crippen molar-refractivity contribution in [2.45, 2.75) is 54.8 Å². The number of rotatable bonds is 7. The molecule has 0 radical (unpaired) electrons. The molecule has 0 saturated carbocycles. The minimum atomic E-state index is -0.400. The van der Waals surface area contributed by atoms with Crippen molar-refractivity contribution in [2.24, 2.45) is 11.1 Å². The first kappa shape index (κ1) is 31.5. The summed E-state index contributed by atoms with van der Waals surface area (Å²) in [6, 6.07) is 5.65. The predicted octanol–water partition coefficient (Wildman–Crippen LogP) is 2.10. The van der Waals surface area contributed by atoms with Crippen molar-refractivity contribution in [3.05, 3.63) is 48.5 Å². The number of nitrogens with one attached hydrogen (secondary N) is 1. The van der Waals surface area contributed by atoms with E-state index in [4.69, 9.17) is 26.2 Å². The number of nitrogens with two attached hydrogens (primary N) is 2. The summed E-state index contributed by atoms with van der Waals surface area (Å²) < 4.78 is 5.87. The van der Waals surface area contributed by atoms with Crippen molar-refractivity contribution in [3.63, 3.8) is 0 Å². The summed E-state index contributed by atoms with van der Waals surface area (Å²) in [7, 11) is 0. The Bertz CT molecular complexity index is 1630. The molecule has 1 spiro atoms. The highest BCUT2D eigenvalue weighted by Gasteiger charge is 2.47. The van der Waals surface area contributed by atoms with Crippen LogP contribution >= 0.6 is 11.8 Å². The topological polar surface area (TPSA) is 172 Å². The molecule has 0 bridgehead atoms. The zero-order chi connectivity index (χ0) is 32.5. The van der Waals surface area contributed by atoms with Gasteiger partial charge in [0, 0.05) is 87.5 Å². The van der Waals surface area contributed by atoms with E-state index in [1.165, 1.54) is 11.8 Å². The van der Waals surface area contributed by atoms with E-state index < -0.39 is 6.03 Å². The third-order valence-corrected chi connectivity index (χ3v) is 10.9. The van der Waals surface area contributed by atoms with Crippen molar-refractivity contribution in [1.29, 1.82) is 0 Å². The average molecular weight is 660 g/mol. The van der Waals surface area contributed by atoms with Gasteiger partial charge in [0.1, 0.15) is 16.7 Å². The Morgan fingerprint density at radius 1 is 1.00 bits per heavy atom. The van der Waals surface area contributed by atoms with Gasteiger partial charge >= 0.3 is 6.03 Å². The highest BCUT2D eigenvalue weighted by molar-refractivity contribution is 7.99. The quantitative estimate of drug-likeness (QED) is 0.337. The number of pyridine rings is 2. The van der Waals surface area contributed by atoms with Gasteiger partial charge in [-0.1, -0.05) is 11.8 Å². The van der Waals surface area contributed by atoms with E-state index in [-0.39, 0.29) is 29.9 Å². The van der Waals surface area contributed by atoms with Crippen molar-refractivity contribution in [3.8, 4) is 0 Å². The number of imide groups is 1. The number of ether oxygens (including phenoxy) is 1. The summed E-state index contributed by atoms with van der Waals surface area (Å²) in [5, 5.41) is 3.07. The van der Waals surface area contributed by atoms with Crippen LogP contribution in [0, 0.1) is 5.41 Å². The fourth-order valence-electron chi connectivity index (χ4n) is 6.98. The molecule has 4 aliphatic heterocycles. The summed E-state index contributed by atoms with van der Waals surface area (Å²) >= 11 is 1.49. The maximum Gasteiger partial charge on any atom is 0.328 e. The van der Waals surface area contributed by atoms with Gasteiger partial charge in [-0.2, -0.15) is 0 Å². The molecular formula is C32H41N11O3S. The summed E-state index contributed by atoms with van der Waals surface area (Å²) in [6.07, 6.45) is 9.39. The van der Waals surface area contributed by atoms with E-state index >= 15 is 0 Å². The molecule has 0 aromatic carbocycles. The third-order valence-electron chi connectivity index (χ3n) is 9.94. The van der Waals surface area contributed by atoms with E-state index in [1.807, 2.05) is 24.5 Å². The number of amides is 3. The molecule has 3 amide bonds. The van der Waals surface area contributed by atoms with E-state index in [0.717, 1.165) is 86.5 Å². The number of carbonyl (C=O) groups is 2. The third kappa shape index (κ3) is 6.57. The summed E-state index contributed by atoms with van der Waals surface area (Å²) in [4.78, 5) is 51.9. The minimum absolute atomic E-state index is 0.0511. The number of piperazine rings is 1. The van der Waals surface area contributed by atoms with Crippen molar-refractivity contribution in [2.75, 3.05) is 72.9 Å². The highest BCUT2D eigenvalue weighted by atomic mass is 32.2. The highest BCUT2D eigenvalue weighted by Crippen LogP contribution is 2.42. The Morgan fingerprint density at radius 3 is 2.51 bits per heavy atom. The number of anilines is 4. The largest absolute Gasteiger partial charge is 0.381 e. The molecule has 3 aromatic heterocycles. The second kappa shape index (κ2) is 13.2. The second-order valence-electron chi connectivity index (χ2n) is 12.8. The molecule has 14 nitrogen and oxygen atoms in total. The molecule has 4 saturated heterocycles. The van der Waals surface area contributed by atoms with Crippen LogP contribution in [0.15, 0.2) is 52.9 Å². The lowest BCUT2D eigenvalue weighted by Gasteiger charge is -2.41. The lowest BCUT2D eigenvalue weighted by Crippen LogP contribution is -2.50. The van der Waals surface area contributed by atoms with E-state index in [2.05, 4.69) is 43.0 Å². The summed E-state index contributed by atoms with van der Waals surface area (Å²) in [6.45, 7) is 8.82. The number of nitrogens with zero attached hydrogens (tertiary/aromatic N) is 8. The molecule has 15 heteroatoms. The van der Waals surface area contributed by atoms with E-state index in [9.17, 15) is 9.59 Å². The molecule has 0 aliphatic carbocycles. The van der Waals surface area contributed by atoms with Crippen LogP contribution < -0.4 is 31.5 Å². The zero-order valence-corrected chi connectivity index (χ0v) is 27.4. The van der Waals surface area contributed by atoms with Gasteiger partial charge in [0.25, 0.3) is 0 Å². The second-order valence-corrected chi connectivity index (χ2v) is 13.8. The van der Waals surface area contributed by atoms with Crippen LogP contribution in [-0.4, -0.2) is 101 Å². The molecule has 5 N–H and O–H groups in total. The smallest absolute Gasteiger partial charge is 0.328 e. The average Bonchev–Trinajstić information content (AvgIpc) is 3.35. The van der Waals surface area contributed by atoms with Crippen molar-refractivity contribution < 1.29 is 14.3 Å². The summed E-state index contributed by atoms with van der Waals surface area (Å²) in [5.41, 5.74) is 14.7. The SMILES string of the molecule is C[C@@H]1OCC2(CCN(c3cnc(Sc4ccnc(N5CCN(Cc6ccncc6N6CCC(=O)NC6=O)CC5)c4)c(N)n3)CC2)[C@@H]1N. The first-order valence-corrected chi connectivity index (χ1v) is 17.0. The molecular weight excluding hydrogens is 618 g/mol. The van der Waals surface area contributed by atoms with Gasteiger partial charge in [-0.15, -0.1) is 0 Å². The van der Waals surface area contributed by atoms with Crippen LogP contribution in [0.3, 0.4) is 0 Å². The Hall–Kier alpha value is -4.05. The van der Waals surface area contributed by atoms with Crippen LogP contribution in [0.25, 0.3) is 0 Å². The lowest BCUT2D eigenvalue weighted by atomic mass is 9.73. The molecule has 0 unspecified atom stereocenters. The fraction of sp³-hybridized carbons (Fsp3) is 0.500. The monoisotopic (exact) mass is 659 g/mol. The number of carbonyl (C=O) groups excluding carboxylic acids is 2. The Kier molecular flexibility index (Phi) is 8.87. The molecule has 248 valence electrons. The molecule has 4 aliphatic rings. The maximum atomic E-state index is 12.5. The number of aromatic nitrogens is 4. The summed E-state index contributed by atoms with van der Waals surface area (Å²) in [5.74, 6) is 1.87. The number of hydrogen-bond donors (Lipinski definition) is 3. The molecule has 3 aromatic rings. The van der Waals surface area contributed by atoms with E-state index in [0.29, 0.717) is 23.9 Å². The van der Waals surface area contributed by atoms with Gasteiger partial charge in [-0.3, -0.25) is 24.9 Å². The number of urea groups is 1. The van der Waals surface area contributed by atoms with Crippen LogP contribution in [0.1, 0.15) is 31.7 Å². The van der Waals surface area contributed by atoms with Gasteiger partial charge in [0.2, 0.25) is 5.91 Å². The van der Waals surface area contributed by atoms with Crippen molar-refractivity contribution >= 4 is 46.8 Å². The van der Waals surface area contributed by atoms with Gasteiger partial charge in [0.05, 0.1) is 30.8 Å². The van der Waals surface area contributed by atoms with E-state index in [1.54, 1.807) is 17.3 Å².